The number of carbonyl (C=O) groups excluding carboxylic acids is 1. The Morgan fingerprint density at radius 2 is 2.11 bits per heavy atom. The summed E-state index contributed by atoms with van der Waals surface area (Å²) < 4.78 is 1.46. The zero-order valence-electron chi connectivity index (χ0n) is 11.1. The number of hydrogen-bond acceptors (Lipinski definition) is 2. The monoisotopic (exact) mass is 248 g/mol. The van der Waals surface area contributed by atoms with Crippen molar-refractivity contribution in [2.45, 2.75) is 32.7 Å². The van der Waals surface area contributed by atoms with Crippen molar-refractivity contribution in [3.8, 4) is 0 Å². The Morgan fingerprint density at radius 3 is 2.67 bits per heavy atom. The van der Waals surface area contributed by atoms with E-state index in [4.69, 9.17) is 0 Å². The summed E-state index contributed by atoms with van der Waals surface area (Å²) in [4.78, 5) is 23.5. The molecule has 3 atom stereocenters. The predicted octanol–water partition coefficient (Wildman–Crippen LogP) is 1.55. The van der Waals surface area contributed by atoms with Crippen LogP contribution in [0.4, 0.5) is 0 Å². The summed E-state index contributed by atoms with van der Waals surface area (Å²) in [5, 5.41) is 3.03. The molecule has 4 heteroatoms. The van der Waals surface area contributed by atoms with Crippen molar-refractivity contribution in [2.75, 3.05) is 0 Å². The highest BCUT2D eigenvalue weighted by atomic mass is 16.2. The molecule has 1 aliphatic carbocycles. The van der Waals surface area contributed by atoms with Gasteiger partial charge in [0.2, 0.25) is 0 Å². The van der Waals surface area contributed by atoms with Crippen molar-refractivity contribution < 1.29 is 4.79 Å². The van der Waals surface area contributed by atoms with Crippen LogP contribution in [0.3, 0.4) is 0 Å². The number of carbonyl (C=O) groups is 1. The molecule has 3 unspecified atom stereocenters. The summed E-state index contributed by atoms with van der Waals surface area (Å²) in [6.45, 7) is 4.39. The zero-order chi connectivity index (χ0) is 13.3. The van der Waals surface area contributed by atoms with Gasteiger partial charge in [0.15, 0.2) is 0 Å². The largest absolute Gasteiger partial charge is 0.349 e. The molecular formula is C14H20N2O2. The van der Waals surface area contributed by atoms with Crippen LogP contribution in [0, 0.1) is 11.8 Å². The van der Waals surface area contributed by atoms with E-state index in [1.807, 2.05) is 0 Å². The second kappa shape index (κ2) is 4.96. The summed E-state index contributed by atoms with van der Waals surface area (Å²) in [7, 11) is 1.67. The first-order valence-corrected chi connectivity index (χ1v) is 6.46. The molecule has 0 saturated heterocycles. The first kappa shape index (κ1) is 12.9. The molecule has 1 heterocycles. The van der Waals surface area contributed by atoms with Gasteiger partial charge in [-0.3, -0.25) is 9.59 Å². The van der Waals surface area contributed by atoms with Crippen LogP contribution in [0.2, 0.25) is 0 Å². The maximum atomic E-state index is 12.1. The lowest BCUT2D eigenvalue weighted by Gasteiger charge is -2.19. The summed E-state index contributed by atoms with van der Waals surface area (Å²) in [5.74, 6) is 1.01. The standard InChI is InChI=1S/C14H20N2O2/c1-9-4-5-12(10(9)2)15-14(18)11-6-7-16(3)13(17)8-11/h6-10,12H,4-5H2,1-3H3,(H,15,18). The van der Waals surface area contributed by atoms with E-state index >= 15 is 0 Å². The number of pyridine rings is 1. The van der Waals surface area contributed by atoms with Gasteiger partial charge in [0.05, 0.1) is 0 Å². The SMILES string of the molecule is CC1CCC(NC(=O)c2ccn(C)c(=O)c2)C1C. The molecule has 1 aliphatic rings. The van der Waals surface area contributed by atoms with Gasteiger partial charge in [0, 0.05) is 30.9 Å². The summed E-state index contributed by atoms with van der Waals surface area (Å²) in [6.07, 6.45) is 3.81. The topological polar surface area (TPSA) is 51.1 Å². The molecule has 0 spiro atoms. The molecule has 4 nitrogen and oxygen atoms in total. The van der Waals surface area contributed by atoms with Crippen molar-refractivity contribution in [3.63, 3.8) is 0 Å². The van der Waals surface area contributed by atoms with Crippen molar-refractivity contribution in [1.82, 2.24) is 9.88 Å². The smallest absolute Gasteiger partial charge is 0.251 e. The minimum Gasteiger partial charge on any atom is -0.349 e. The minimum absolute atomic E-state index is 0.140. The lowest BCUT2D eigenvalue weighted by molar-refractivity contribution is 0.0927. The van der Waals surface area contributed by atoms with E-state index in [0.717, 1.165) is 12.8 Å². The normalized spacial score (nSPS) is 27.2. The molecule has 1 N–H and O–H groups in total. The average molecular weight is 248 g/mol. The van der Waals surface area contributed by atoms with Crippen LogP contribution in [0.1, 0.15) is 37.0 Å². The third kappa shape index (κ3) is 2.47. The molecule has 1 saturated carbocycles. The lowest BCUT2D eigenvalue weighted by Crippen LogP contribution is -2.37. The van der Waals surface area contributed by atoms with Crippen LogP contribution in [0.25, 0.3) is 0 Å². The van der Waals surface area contributed by atoms with Crippen LogP contribution in [-0.4, -0.2) is 16.5 Å². The molecule has 1 fully saturated rings. The van der Waals surface area contributed by atoms with Crippen molar-refractivity contribution >= 4 is 5.91 Å². The van der Waals surface area contributed by atoms with Crippen molar-refractivity contribution in [1.29, 1.82) is 0 Å². The minimum atomic E-state index is -0.157. The van der Waals surface area contributed by atoms with Gasteiger partial charge in [-0.2, -0.15) is 0 Å². The van der Waals surface area contributed by atoms with Crippen LogP contribution in [0.15, 0.2) is 23.1 Å². The Balaban J connectivity index is 2.08. The number of rotatable bonds is 2. The van der Waals surface area contributed by atoms with Gasteiger partial charge in [0.1, 0.15) is 0 Å². The van der Waals surface area contributed by atoms with E-state index < -0.39 is 0 Å². The Hall–Kier alpha value is -1.58. The molecule has 0 aromatic carbocycles. The summed E-state index contributed by atoms with van der Waals surface area (Å²) in [5.41, 5.74) is 0.292. The fraction of sp³-hybridized carbons (Fsp3) is 0.571. The van der Waals surface area contributed by atoms with Crippen LogP contribution in [-0.2, 0) is 7.05 Å². The van der Waals surface area contributed by atoms with E-state index in [0.29, 0.717) is 17.4 Å². The molecular weight excluding hydrogens is 228 g/mol. The van der Waals surface area contributed by atoms with Gasteiger partial charge in [-0.25, -0.2) is 0 Å². The maximum absolute atomic E-state index is 12.1. The molecule has 0 aliphatic heterocycles. The maximum Gasteiger partial charge on any atom is 0.251 e. The first-order valence-electron chi connectivity index (χ1n) is 6.46. The predicted molar refractivity (Wildman–Crippen MR) is 70.5 cm³/mol. The Morgan fingerprint density at radius 1 is 1.39 bits per heavy atom. The molecule has 18 heavy (non-hydrogen) atoms. The Bertz CT molecular complexity index is 507. The van der Waals surface area contributed by atoms with Gasteiger partial charge >= 0.3 is 0 Å². The fourth-order valence-electron chi connectivity index (χ4n) is 2.51. The number of nitrogens with zero attached hydrogens (tertiary/aromatic N) is 1. The van der Waals surface area contributed by atoms with Crippen molar-refractivity contribution in [2.24, 2.45) is 18.9 Å². The van der Waals surface area contributed by atoms with E-state index in [1.54, 1.807) is 19.3 Å². The number of amides is 1. The lowest BCUT2D eigenvalue weighted by atomic mass is 9.97. The van der Waals surface area contributed by atoms with Crippen molar-refractivity contribution in [3.05, 3.63) is 34.2 Å². The van der Waals surface area contributed by atoms with E-state index in [9.17, 15) is 9.59 Å². The number of nitrogens with one attached hydrogen (secondary N) is 1. The highest BCUT2D eigenvalue weighted by Crippen LogP contribution is 2.31. The van der Waals surface area contributed by atoms with Crippen LogP contribution < -0.4 is 10.9 Å². The van der Waals surface area contributed by atoms with E-state index in [-0.39, 0.29) is 17.5 Å². The molecule has 1 aromatic rings. The zero-order valence-corrected chi connectivity index (χ0v) is 11.1. The fourth-order valence-corrected chi connectivity index (χ4v) is 2.51. The van der Waals surface area contributed by atoms with Gasteiger partial charge in [-0.1, -0.05) is 13.8 Å². The Kier molecular flexibility index (Phi) is 3.55. The number of aromatic nitrogens is 1. The quantitative estimate of drug-likeness (QED) is 0.863. The first-order chi connectivity index (χ1) is 8.49. The third-order valence-corrected chi connectivity index (χ3v) is 4.15. The summed E-state index contributed by atoms with van der Waals surface area (Å²) >= 11 is 0. The molecule has 98 valence electrons. The number of aryl methyl sites for hydroxylation is 1. The molecule has 0 bridgehead atoms. The van der Waals surface area contributed by atoms with Crippen LogP contribution in [0.5, 0.6) is 0 Å². The Labute approximate surface area is 107 Å². The van der Waals surface area contributed by atoms with Gasteiger partial charge in [-0.05, 0) is 30.7 Å². The second-order valence-electron chi connectivity index (χ2n) is 5.36. The van der Waals surface area contributed by atoms with E-state index in [1.165, 1.54) is 10.6 Å². The van der Waals surface area contributed by atoms with Gasteiger partial charge in [0.25, 0.3) is 11.5 Å². The van der Waals surface area contributed by atoms with Crippen LogP contribution >= 0.6 is 0 Å². The second-order valence-corrected chi connectivity index (χ2v) is 5.36. The number of hydrogen-bond donors (Lipinski definition) is 1. The third-order valence-electron chi connectivity index (χ3n) is 4.15. The molecule has 2 rings (SSSR count). The average Bonchev–Trinajstić information content (AvgIpc) is 2.64. The molecule has 1 amide bonds. The highest BCUT2D eigenvalue weighted by molar-refractivity contribution is 5.94. The highest BCUT2D eigenvalue weighted by Gasteiger charge is 2.30. The summed E-state index contributed by atoms with van der Waals surface area (Å²) in [6, 6.07) is 3.30. The van der Waals surface area contributed by atoms with Gasteiger partial charge < -0.3 is 9.88 Å². The molecule has 0 radical (unpaired) electrons. The van der Waals surface area contributed by atoms with Gasteiger partial charge in [-0.15, -0.1) is 0 Å². The molecule has 1 aromatic heterocycles. The van der Waals surface area contributed by atoms with E-state index in [2.05, 4.69) is 19.2 Å².